The van der Waals surface area contributed by atoms with Crippen molar-refractivity contribution in [3.05, 3.63) is 39.9 Å². The third kappa shape index (κ3) is 4.34. The van der Waals surface area contributed by atoms with Crippen molar-refractivity contribution in [2.45, 2.75) is 43.0 Å². The highest BCUT2D eigenvalue weighted by atomic mass is 35.5. The molecule has 0 spiro atoms. The van der Waals surface area contributed by atoms with Gasteiger partial charge in [-0.05, 0) is 43.5 Å². The van der Waals surface area contributed by atoms with Crippen molar-refractivity contribution in [3.8, 4) is 0 Å². The SMILES string of the molecule is [B]c1c([B])c([B])c([C@@H]2C[C@@H](N3CCN(C([B])([B])[B])C(C)(C)C3)c3cc(Cl)ccc32)c([B])c1[B]. The lowest BCUT2D eigenvalue weighted by atomic mass is 9.47. The van der Waals surface area contributed by atoms with E-state index in [1.807, 2.05) is 23.1 Å². The van der Waals surface area contributed by atoms with Crippen molar-refractivity contribution >= 4 is 102 Å². The molecule has 33 heavy (non-hydrogen) atoms. The molecule has 2 atom stereocenters. The fourth-order valence-corrected chi connectivity index (χ4v) is 5.85. The highest BCUT2D eigenvalue weighted by molar-refractivity contribution is 6.67. The molecule has 2 aliphatic rings. The molecule has 2 nitrogen and oxygen atoms in total. The van der Waals surface area contributed by atoms with E-state index in [9.17, 15) is 0 Å². The Morgan fingerprint density at radius 1 is 0.879 bits per heavy atom. The minimum atomic E-state index is -1.39. The summed E-state index contributed by atoms with van der Waals surface area (Å²) < 4.78 is 0. The van der Waals surface area contributed by atoms with Crippen LogP contribution in [0.3, 0.4) is 0 Å². The molecule has 148 valence electrons. The van der Waals surface area contributed by atoms with Crippen molar-refractivity contribution < 1.29 is 0 Å². The largest absolute Gasteiger partial charge is 0.315 e. The van der Waals surface area contributed by atoms with Crippen LogP contribution in [0.4, 0.5) is 0 Å². The number of hydrogen-bond acceptors (Lipinski definition) is 2. The standard InChI is InChI=1S/C22H19B8ClN2/c1-21(2)9-32(5-6-33(21)22(28,29)30)14-8-13(11-4-3-10(31)7-12(11)14)15-16(23)18(25)20(27)19(26)17(15)24/h3-4,7,13-14H,5-6,8-9H2,1-2H3/t13-,14-/m1/s1. The minimum Gasteiger partial charge on any atom is -0.315 e. The Morgan fingerprint density at radius 2 is 1.45 bits per heavy atom. The van der Waals surface area contributed by atoms with Crippen molar-refractivity contribution in [2.24, 2.45) is 0 Å². The molecule has 2 aromatic rings. The summed E-state index contributed by atoms with van der Waals surface area (Å²) in [5.41, 5.74) is 4.07. The number of benzene rings is 2. The molecule has 0 bridgehead atoms. The summed E-state index contributed by atoms with van der Waals surface area (Å²) in [5, 5.41) is -0.726. The molecule has 1 saturated heterocycles. The van der Waals surface area contributed by atoms with Gasteiger partial charge in [0, 0.05) is 42.2 Å². The maximum atomic E-state index is 6.42. The van der Waals surface area contributed by atoms with E-state index in [1.165, 1.54) is 0 Å². The summed E-state index contributed by atoms with van der Waals surface area (Å²) in [4.78, 5) is 4.34. The zero-order chi connectivity index (χ0) is 24.5. The lowest BCUT2D eigenvalue weighted by Crippen LogP contribution is -2.68. The first-order chi connectivity index (χ1) is 15.2. The normalized spacial score (nSPS) is 23.5. The first-order valence-corrected chi connectivity index (χ1v) is 11.3. The van der Waals surface area contributed by atoms with Crippen LogP contribution in [0.1, 0.15) is 48.9 Å². The molecule has 11 heteroatoms. The van der Waals surface area contributed by atoms with Gasteiger partial charge >= 0.3 is 0 Å². The quantitative estimate of drug-likeness (QED) is 0.490. The lowest BCUT2D eigenvalue weighted by molar-refractivity contribution is -0.00399. The molecule has 1 fully saturated rings. The summed E-state index contributed by atoms with van der Waals surface area (Å²) >= 11 is 6.41. The Hall–Kier alpha value is -0.831. The van der Waals surface area contributed by atoms with E-state index in [1.54, 1.807) is 0 Å². The van der Waals surface area contributed by atoms with Gasteiger partial charge in [0.05, 0.1) is 23.5 Å². The maximum absolute atomic E-state index is 6.42. The molecule has 16 radical (unpaired) electrons. The van der Waals surface area contributed by atoms with Gasteiger partial charge in [0.2, 0.25) is 0 Å². The van der Waals surface area contributed by atoms with Crippen LogP contribution in [0.25, 0.3) is 0 Å². The van der Waals surface area contributed by atoms with E-state index in [2.05, 4.69) is 18.7 Å². The Labute approximate surface area is 213 Å². The second-order valence-corrected chi connectivity index (χ2v) is 10.3. The summed E-state index contributed by atoms with van der Waals surface area (Å²) in [5.74, 6) is -0.105. The minimum absolute atomic E-state index is 0.0756. The third-order valence-electron chi connectivity index (χ3n) is 7.17. The second kappa shape index (κ2) is 8.68. The topological polar surface area (TPSA) is 6.48 Å². The number of halogens is 1. The lowest BCUT2D eigenvalue weighted by Gasteiger charge is -2.55. The fraction of sp³-hybridized carbons (Fsp3) is 0.455. The van der Waals surface area contributed by atoms with Crippen LogP contribution in [0.2, 0.25) is 5.02 Å². The number of fused-ring (bicyclic) bond motifs is 1. The smallest absolute Gasteiger partial charge is 0.113 e. The highest BCUT2D eigenvalue weighted by Crippen LogP contribution is 2.47. The van der Waals surface area contributed by atoms with Gasteiger partial charge in [-0.15, -0.1) is 27.3 Å². The van der Waals surface area contributed by atoms with Gasteiger partial charge in [-0.25, -0.2) is 0 Å². The van der Waals surface area contributed by atoms with Gasteiger partial charge in [0.15, 0.2) is 0 Å². The number of nitrogens with zero attached hydrogens (tertiary/aromatic N) is 2. The van der Waals surface area contributed by atoms with Crippen LogP contribution in [0, 0.1) is 0 Å². The van der Waals surface area contributed by atoms with E-state index < -0.39 is 5.24 Å². The van der Waals surface area contributed by atoms with Gasteiger partial charge in [0.1, 0.15) is 39.2 Å². The predicted octanol–water partition coefficient (Wildman–Crippen LogP) is -2.60. The number of hydrogen-bond donors (Lipinski definition) is 0. The summed E-state index contributed by atoms with van der Waals surface area (Å²) in [6, 6.07) is 5.98. The summed E-state index contributed by atoms with van der Waals surface area (Å²) in [6.07, 6.45) is 0.738. The van der Waals surface area contributed by atoms with Gasteiger partial charge in [-0.2, -0.15) is 0 Å². The molecule has 1 heterocycles. The van der Waals surface area contributed by atoms with Crippen molar-refractivity contribution in [1.82, 2.24) is 9.80 Å². The molecule has 0 saturated carbocycles. The zero-order valence-electron chi connectivity index (χ0n) is 19.1. The Morgan fingerprint density at radius 3 is 2.00 bits per heavy atom. The van der Waals surface area contributed by atoms with Crippen LogP contribution in [0.5, 0.6) is 0 Å². The van der Waals surface area contributed by atoms with Crippen molar-refractivity contribution in [3.63, 3.8) is 0 Å². The fourth-order valence-electron chi connectivity index (χ4n) is 5.67. The molecule has 2 aromatic carbocycles. The molecule has 0 aromatic heterocycles. The third-order valence-corrected chi connectivity index (χ3v) is 7.41. The van der Waals surface area contributed by atoms with Crippen LogP contribution in [0.15, 0.2) is 18.2 Å². The Kier molecular flexibility index (Phi) is 6.65. The number of rotatable bonds is 3. The van der Waals surface area contributed by atoms with Gasteiger partial charge in [-0.1, -0.05) is 28.5 Å². The Balaban J connectivity index is 1.76. The van der Waals surface area contributed by atoms with Crippen LogP contribution in [-0.2, 0) is 0 Å². The first kappa shape index (κ1) is 25.3. The molecule has 0 unspecified atom stereocenters. The Bertz CT molecular complexity index is 1070. The summed E-state index contributed by atoms with van der Waals surface area (Å²) in [7, 11) is 49.3. The van der Waals surface area contributed by atoms with E-state index in [4.69, 9.17) is 74.4 Å². The van der Waals surface area contributed by atoms with Crippen molar-refractivity contribution in [2.75, 3.05) is 19.6 Å². The molecule has 4 rings (SSSR count). The van der Waals surface area contributed by atoms with Crippen LogP contribution < -0.4 is 27.3 Å². The molecular formula is C22H19B8ClN2. The van der Waals surface area contributed by atoms with Crippen molar-refractivity contribution in [1.29, 1.82) is 0 Å². The maximum Gasteiger partial charge on any atom is 0.113 e. The predicted molar refractivity (Wildman–Crippen MR) is 146 cm³/mol. The average Bonchev–Trinajstić information content (AvgIpc) is 3.07. The highest BCUT2D eigenvalue weighted by Gasteiger charge is 2.44. The van der Waals surface area contributed by atoms with E-state index >= 15 is 0 Å². The molecule has 0 N–H and O–H groups in total. The van der Waals surface area contributed by atoms with Gasteiger partial charge in [-0.3, -0.25) is 4.90 Å². The molecule has 0 amide bonds. The van der Waals surface area contributed by atoms with E-state index in [-0.39, 0.29) is 33.9 Å². The van der Waals surface area contributed by atoms with Gasteiger partial charge in [0.25, 0.3) is 0 Å². The van der Waals surface area contributed by atoms with Gasteiger partial charge < -0.3 is 4.90 Å². The average molecular weight is 433 g/mol. The first-order valence-electron chi connectivity index (χ1n) is 10.9. The second-order valence-electron chi connectivity index (χ2n) is 9.88. The zero-order valence-corrected chi connectivity index (χ0v) is 19.9. The van der Waals surface area contributed by atoms with E-state index in [0.717, 1.165) is 24.1 Å². The molecule has 1 aliphatic heterocycles. The number of piperazine rings is 1. The monoisotopic (exact) mass is 434 g/mol. The summed E-state index contributed by atoms with van der Waals surface area (Å²) in [6.45, 7) is 6.24. The van der Waals surface area contributed by atoms with E-state index in [0.29, 0.717) is 34.6 Å². The molecule has 1 aliphatic carbocycles. The molecular weight excluding hydrogens is 414 g/mol. The van der Waals surface area contributed by atoms with Crippen LogP contribution >= 0.6 is 11.6 Å². The van der Waals surface area contributed by atoms with Crippen LogP contribution in [-0.4, -0.2) is 103 Å².